The smallest absolute Gasteiger partial charge is 0.315 e. The predicted molar refractivity (Wildman–Crippen MR) is 36.6 cm³/mol. The number of urea groups is 1. The average Bonchev–Trinajstić information content (AvgIpc) is 2.22. The van der Waals surface area contributed by atoms with Crippen LogP contribution in [0.25, 0.3) is 0 Å². The molecule has 2 rings (SSSR count). The zero-order valence-corrected chi connectivity index (χ0v) is 5.70. The van der Waals surface area contributed by atoms with Crippen LogP contribution in [0.2, 0.25) is 0 Å². The number of thioether (sulfide) groups is 1. The summed E-state index contributed by atoms with van der Waals surface area (Å²) >= 11 is 1.89. The Hall–Kier alpha value is -0.380. The molecule has 2 heterocycles. The minimum atomic E-state index is 0.00491. The van der Waals surface area contributed by atoms with Crippen molar-refractivity contribution in [2.24, 2.45) is 0 Å². The van der Waals surface area contributed by atoms with Gasteiger partial charge in [-0.05, 0) is 0 Å². The lowest BCUT2D eigenvalue weighted by atomic mass is 10.2. The zero-order chi connectivity index (χ0) is 6.27. The number of rotatable bonds is 0. The molecule has 0 aromatic rings. The molecule has 0 aromatic heterocycles. The highest BCUT2D eigenvalue weighted by Crippen LogP contribution is 2.20. The summed E-state index contributed by atoms with van der Waals surface area (Å²) in [5.74, 6) is 2.15. The number of hydrogen-bond donors (Lipinski definition) is 2. The van der Waals surface area contributed by atoms with Crippen molar-refractivity contribution in [1.82, 2.24) is 10.6 Å². The van der Waals surface area contributed by atoms with Gasteiger partial charge in [0.1, 0.15) is 0 Å². The van der Waals surface area contributed by atoms with E-state index < -0.39 is 0 Å². The Morgan fingerprint density at radius 1 is 1.33 bits per heavy atom. The van der Waals surface area contributed by atoms with Gasteiger partial charge in [-0.2, -0.15) is 11.8 Å². The fraction of sp³-hybridized carbons (Fsp3) is 0.800. The molecule has 2 amide bonds. The van der Waals surface area contributed by atoms with Crippen LogP contribution < -0.4 is 10.6 Å². The summed E-state index contributed by atoms with van der Waals surface area (Å²) in [6.07, 6.45) is 0. The Balaban J connectivity index is 2.09. The molecule has 0 bridgehead atoms. The van der Waals surface area contributed by atoms with E-state index in [0.29, 0.717) is 12.1 Å². The van der Waals surface area contributed by atoms with E-state index in [1.807, 2.05) is 11.8 Å². The first-order valence-corrected chi connectivity index (χ1v) is 4.16. The summed E-state index contributed by atoms with van der Waals surface area (Å²) in [6.45, 7) is 0. The van der Waals surface area contributed by atoms with Gasteiger partial charge in [0, 0.05) is 11.5 Å². The second-order valence-electron chi connectivity index (χ2n) is 2.37. The van der Waals surface area contributed by atoms with Gasteiger partial charge in [-0.25, -0.2) is 4.79 Å². The van der Waals surface area contributed by atoms with Crippen LogP contribution >= 0.6 is 11.8 Å². The first-order valence-electron chi connectivity index (χ1n) is 3.01. The number of fused-ring (bicyclic) bond motifs is 1. The fourth-order valence-electron chi connectivity index (χ4n) is 1.22. The Morgan fingerprint density at radius 3 is 2.44 bits per heavy atom. The van der Waals surface area contributed by atoms with Crippen molar-refractivity contribution >= 4 is 17.8 Å². The molecule has 9 heavy (non-hydrogen) atoms. The predicted octanol–water partition coefficient (Wildman–Crippen LogP) is -0.217. The van der Waals surface area contributed by atoms with Crippen LogP contribution in [-0.2, 0) is 0 Å². The molecule has 0 unspecified atom stereocenters. The highest BCUT2D eigenvalue weighted by Gasteiger charge is 2.35. The van der Waals surface area contributed by atoms with Crippen molar-refractivity contribution < 1.29 is 4.79 Å². The molecule has 0 spiro atoms. The van der Waals surface area contributed by atoms with Crippen molar-refractivity contribution in [3.05, 3.63) is 0 Å². The maximum Gasteiger partial charge on any atom is 0.315 e. The van der Waals surface area contributed by atoms with Gasteiger partial charge in [0.15, 0.2) is 0 Å². The van der Waals surface area contributed by atoms with Gasteiger partial charge in [0.2, 0.25) is 0 Å². The van der Waals surface area contributed by atoms with Crippen molar-refractivity contribution in [3.8, 4) is 0 Å². The van der Waals surface area contributed by atoms with Crippen LogP contribution in [-0.4, -0.2) is 29.6 Å². The normalized spacial score (nSPS) is 39.8. The molecular weight excluding hydrogens is 136 g/mol. The highest BCUT2D eigenvalue weighted by atomic mass is 32.2. The number of carbonyl (C=O) groups excluding carboxylic acids is 1. The Kier molecular flexibility index (Phi) is 1.08. The fourth-order valence-corrected chi connectivity index (χ4v) is 2.49. The van der Waals surface area contributed by atoms with E-state index in [1.165, 1.54) is 0 Å². The quantitative estimate of drug-likeness (QED) is 0.462. The van der Waals surface area contributed by atoms with Gasteiger partial charge < -0.3 is 10.6 Å². The van der Waals surface area contributed by atoms with E-state index in [2.05, 4.69) is 10.6 Å². The van der Waals surface area contributed by atoms with Gasteiger partial charge >= 0.3 is 6.03 Å². The lowest BCUT2D eigenvalue weighted by Gasteiger charge is -2.02. The lowest BCUT2D eigenvalue weighted by Crippen LogP contribution is -2.31. The number of amides is 2. The van der Waals surface area contributed by atoms with E-state index in [0.717, 1.165) is 11.5 Å². The molecule has 2 saturated heterocycles. The minimum Gasteiger partial charge on any atom is -0.332 e. The molecule has 2 N–H and O–H groups in total. The summed E-state index contributed by atoms with van der Waals surface area (Å²) in [4.78, 5) is 10.6. The van der Waals surface area contributed by atoms with E-state index >= 15 is 0 Å². The first-order chi connectivity index (χ1) is 4.36. The van der Waals surface area contributed by atoms with E-state index in [-0.39, 0.29) is 6.03 Å². The number of nitrogens with one attached hydrogen (secondary N) is 2. The Bertz CT molecular complexity index is 136. The molecule has 2 atom stereocenters. The third-order valence-electron chi connectivity index (χ3n) is 1.71. The van der Waals surface area contributed by atoms with E-state index in [1.54, 1.807) is 0 Å². The van der Waals surface area contributed by atoms with Crippen molar-refractivity contribution in [1.29, 1.82) is 0 Å². The SMILES string of the molecule is O=C1N[C@H]2CSC[C@@H]2N1. The maximum atomic E-state index is 10.6. The van der Waals surface area contributed by atoms with E-state index in [4.69, 9.17) is 0 Å². The third kappa shape index (κ3) is 0.775. The monoisotopic (exact) mass is 144 g/mol. The second-order valence-corrected chi connectivity index (χ2v) is 3.44. The topological polar surface area (TPSA) is 41.1 Å². The zero-order valence-electron chi connectivity index (χ0n) is 4.89. The first kappa shape index (κ1) is 5.41. The van der Waals surface area contributed by atoms with Crippen molar-refractivity contribution in [2.45, 2.75) is 12.1 Å². The largest absolute Gasteiger partial charge is 0.332 e. The maximum absolute atomic E-state index is 10.6. The number of hydrogen-bond acceptors (Lipinski definition) is 2. The van der Waals surface area contributed by atoms with Crippen molar-refractivity contribution in [3.63, 3.8) is 0 Å². The van der Waals surface area contributed by atoms with Crippen LogP contribution in [0, 0.1) is 0 Å². The van der Waals surface area contributed by atoms with Crippen LogP contribution in [0.5, 0.6) is 0 Å². The molecule has 2 aliphatic rings. The molecule has 3 nitrogen and oxygen atoms in total. The van der Waals surface area contributed by atoms with Crippen LogP contribution in [0.1, 0.15) is 0 Å². The summed E-state index contributed by atoms with van der Waals surface area (Å²) in [5, 5.41) is 5.69. The van der Waals surface area contributed by atoms with Crippen molar-refractivity contribution in [2.75, 3.05) is 11.5 Å². The van der Waals surface area contributed by atoms with E-state index in [9.17, 15) is 4.79 Å². The average molecular weight is 144 g/mol. The summed E-state index contributed by atoms with van der Waals surface area (Å²) in [5.41, 5.74) is 0. The van der Waals surface area contributed by atoms with Crippen LogP contribution in [0.3, 0.4) is 0 Å². The molecule has 2 aliphatic heterocycles. The van der Waals surface area contributed by atoms with Gasteiger partial charge in [0.25, 0.3) is 0 Å². The van der Waals surface area contributed by atoms with Gasteiger partial charge in [-0.1, -0.05) is 0 Å². The summed E-state index contributed by atoms with van der Waals surface area (Å²) in [6, 6.07) is 0.815. The van der Waals surface area contributed by atoms with Crippen LogP contribution in [0.15, 0.2) is 0 Å². The summed E-state index contributed by atoms with van der Waals surface area (Å²) < 4.78 is 0. The standard InChI is InChI=1S/C5H8N2OS/c8-5-6-3-1-9-2-4(3)7-5/h3-4H,1-2H2,(H2,6,7,8)/t3-,4-/m0/s1. The second kappa shape index (κ2) is 1.80. The van der Waals surface area contributed by atoms with Gasteiger partial charge in [-0.15, -0.1) is 0 Å². The molecule has 0 saturated carbocycles. The molecular formula is C5H8N2OS. The Morgan fingerprint density at radius 2 is 1.89 bits per heavy atom. The van der Waals surface area contributed by atoms with Gasteiger partial charge in [-0.3, -0.25) is 0 Å². The molecule has 0 aromatic carbocycles. The third-order valence-corrected chi connectivity index (χ3v) is 2.90. The summed E-state index contributed by atoms with van der Waals surface area (Å²) in [7, 11) is 0. The lowest BCUT2D eigenvalue weighted by molar-refractivity contribution is 0.247. The van der Waals surface area contributed by atoms with Gasteiger partial charge in [0.05, 0.1) is 12.1 Å². The minimum absolute atomic E-state index is 0.00491. The highest BCUT2D eigenvalue weighted by molar-refractivity contribution is 7.99. The molecule has 50 valence electrons. The number of carbonyl (C=O) groups is 1. The molecule has 2 fully saturated rings. The molecule has 0 aliphatic carbocycles. The molecule has 4 heteroatoms. The molecule has 0 radical (unpaired) electrons. The Labute approximate surface area is 57.6 Å². The van der Waals surface area contributed by atoms with Crippen LogP contribution in [0.4, 0.5) is 4.79 Å².